The molecule has 4 heteroatoms. The zero-order chi connectivity index (χ0) is 12.1. The summed E-state index contributed by atoms with van der Waals surface area (Å²) in [4.78, 5) is 0. The van der Waals surface area contributed by atoms with Gasteiger partial charge in [-0.3, -0.25) is 4.68 Å². The Morgan fingerprint density at radius 2 is 2.00 bits per heavy atom. The average molecular weight is 289 g/mol. The SMILES string of the molecule is Cc1nn(CCOCCC(C)C)c(C)c1Br. The van der Waals surface area contributed by atoms with E-state index in [1.165, 1.54) is 5.69 Å². The minimum atomic E-state index is 0.711. The largest absolute Gasteiger partial charge is 0.380 e. The van der Waals surface area contributed by atoms with Gasteiger partial charge < -0.3 is 4.74 Å². The third-order valence-electron chi connectivity index (χ3n) is 2.58. The fraction of sp³-hybridized carbons (Fsp3) is 0.750. The Bertz CT molecular complexity index is 334. The zero-order valence-corrected chi connectivity index (χ0v) is 12.2. The van der Waals surface area contributed by atoms with Gasteiger partial charge in [0.15, 0.2) is 0 Å². The molecular formula is C12H21BrN2O. The van der Waals surface area contributed by atoms with Gasteiger partial charge in [0.25, 0.3) is 0 Å². The highest BCUT2D eigenvalue weighted by atomic mass is 79.9. The number of ether oxygens (including phenoxy) is 1. The van der Waals surface area contributed by atoms with Crippen LogP contribution in [0, 0.1) is 19.8 Å². The lowest BCUT2D eigenvalue weighted by atomic mass is 10.1. The fourth-order valence-corrected chi connectivity index (χ4v) is 1.75. The van der Waals surface area contributed by atoms with Crippen LogP contribution >= 0.6 is 15.9 Å². The molecule has 0 bridgehead atoms. The number of halogens is 1. The smallest absolute Gasteiger partial charge is 0.0738 e. The Kier molecular flexibility index (Phi) is 5.49. The van der Waals surface area contributed by atoms with Crippen LogP contribution in [0.4, 0.5) is 0 Å². The van der Waals surface area contributed by atoms with E-state index in [0.29, 0.717) is 5.92 Å². The molecule has 0 N–H and O–H groups in total. The van der Waals surface area contributed by atoms with E-state index in [2.05, 4.69) is 41.8 Å². The Morgan fingerprint density at radius 3 is 2.50 bits per heavy atom. The van der Waals surface area contributed by atoms with Crippen molar-refractivity contribution in [3.63, 3.8) is 0 Å². The van der Waals surface area contributed by atoms with Crippen LogP contribution in [0.1, 0.15) is 31.7 Å². The summed E-state index contributed by atoms with van der Waals surface area (Å²) >= 11 is 3.52. The van der Waals surface area contributed by atoms with Crippen molar-refractivity contribution in [3.8, 4) is 0 Å². The summed E-state index contributed by atoms with van der Waals surface area (Å²) in [6.45, 7) is 10.9. The molecule has 3 nitrogen and oxygen atoms in total. The fourth-order valence-electron chi connectivity index (χ4n) is 1.46. The third kappa shape index (κ3) is 3.91. The molecule has 0 fully saturated rings. The lowest BCUT2D eigenvalue weighted by Crippen LogP contribution is -2.10. The molecule has 0 radical (unpaired) electrons. The molecule has 0 aliphatic rings. The van der Waals surface area contributed by atoms with Gasteiger partial charge in [-0.2, -0.15) is 5.10 Å². The molecule has 0 aliphatic heterocycles. The monoisotopic (exact) mass is 288 g/mol. The predicted octanol–water partition coefficient (Wildman–Crippen LogP) is 3.33. The van der Waals surface area contributed by atoms with E-state index in [1.54, 1.807) is 0 Å². The summed E-state index contributed by atoms with van der Waals surface area (Å²) < 4.78 is 8.68. The molecule has 1 rings (SSSR count). The highest BCUT2D eigenvalue weighted by Gasteiger charge is 2.07. The highest BCUT2D eigenvalue weighted by molar-refractivity contribution is 9.10. The van der Waals surface area contributed by atoms with E-state index in [0.717, 1.165) is 36.3 Å². The molecular weight excluding hydrogens is 268 g/mol. The van der Waals surface area contributed by atoms with Crippen molar-refractivity contribution in [2.45, 2.75) is 40.7 Å². The standard InChI is InChI=1S/C12H21BrN2O/c1-9(2)5-7-16-8-6-15-11(4)12(13)10(3)14-15/h9H,5-8H2,1-4H3. The highest BCUT2D eigenvalue weighted by Crippen LogP contribution is 2.19. The Balaban J connectivity index is 2.29. The number of hydrogen-bond donors (Lipinski definition) is 0. The Labute approximate surface area is 106 Å². The van der Waals surface area contributed by atoms with Crippen molar-refractivity contribution in [1.82, 2.24) is 9.78 Å². The van der Waals surface area contributed by atoms with Crippen LogP contribution in [0.2, 0.25) is 0 Å². The Morgan fingerprint density at radius 1 is 1.31 bits per heavy atom. The van der Waals surface area contributed by atoms with Crippen molar-refractivity contribution in [2.75, 3.05) is 13.2 Å². The van der Waals surface area contributed by atoms with Crippen LogP contribution in [0.3, 0.4) is 0 Å². The first-order chi connectivity index (χ1) is 7.52. The van der Waals surface area contributed by atoms with E-state index in [-0.39, 0.29) is 0 Å². The van der Waals surface area contributed by atoms with Crippen molar-refractivity contribution >= 4 is 15.9 Å². The number of rotatable bonds is 6. The summed E-state index contributed by atoms with van der Waals surface area (Å²) in [6, 6.07) is 0. The molecule has 1 aromatic rings. The summed E-state index contributed by atoms with van der Waals surface area (Å²) in [7, 11) is 0. The molecule has 0 saturated carbocycles. The molecule has 0 aliphatic carbocycles. The minimum absolute atomic E-state index is 0.711. The van der Waals surface area contributed by atoms with Crippen molar-refractivity contribution in [3.05, 3.63) is 15.9 Å². The van der Waals surface area contributed by atoms with Crippen LogP contribution in [0.25, 0.3) is 0 Å². The van der Waals surface area contributed by atoms with E-state index in [4.69, 9.17) is 4.74 Å². The van der Waals surface area contributed by atoms with Gasteiger partial charge in [0.1, 0.15) is 0 Å². The number of aromatic nitrogens is 2. The maximum absolute atomic E-state index is 5.58. The second-order valence-corrected chi connectivity index (χ2v) is 5.30. The van der Waals surface area contributed by atoms with Gasteiger partial charge in [-0.05, 0) is 42.1 Å². The van der Waals surface area contributed by atoms with Gasteiger partial charge in [-0.25, -0.2) is 0 Å². The topological polar surface area (TPSA) is 27.1 Å². The van der Waals surface area contributed by atoms with Gasteiger partial charge in [-0.1, -0.05) is 13.8 Å². The molecule has 1 heterocycles. The summed E-state index contributed by atoms with van der Waals surface area (Å²) in [5.41, 5.74) is 2.21. The summed E-state index contributed by atoms with van der Waals surface area (Å²) in [5, 5.41) is 4.43. The number of aryl methyl sites for hydroxylation is 1. The number of hydrogen-bond acceptors (Lipinski definition) is 2. The summed E-state index contributed by atoms with van der Waals surface area (Å²) in [5.74, 6) is 0.711. The first kappa shape index (κ1) is 13.7. The van der Waals surface area contributed by atoms with Gasteiger partial charge in [0.05, 0.1) is 23.3 Å². The molecule has 16 heavy (non-hydrogen) atoms. The van der Waals surface area contributed by atoms with Crippen molar-refractivity contribution in [1.29, 1.82) is 0 Å². The van der Waals surface area contributed by atoms with E-state index in [1.807, 2.05) is 11.6 Å². The quantitative estimate of drug-likeness (QED) is 0.751. The summed E-state index contributed by atoms with van der Waals surface area (Å²) in [6.07, 6.45) is 1.13. The minimum Gasteiger partial charge on any atom is -0.380 e. The molecule has 0 saturated heterocycles. The molecule has 0 atom stereocenters. The van der Waals surface area contributed by atoms with E-state index in [9.17, 15) is 0 Å². The van der Waals surface area contributed by atoms with Crippen LogP contribution < -0.4 is 0 Å². The normalized spacial score (nSPS) is 11.4. The lowest BCUT2D eigenvalue weighted by Gasteiger charge is -2.07. The maximum Gasteiger partial charge on any atom is 0.0738 e. The van der Waals surface area contributed by atoms with E-state index >= 15 is 0 Å². The number of nitrogens with zero attached hydrogens (tertiary/aromatic N) is 2. The van der Waals surface area contributed by atoms with Gasteiger partial charge in [0.2, 0.25) is 0 Å². The Hall–Kier alpha value is -0.350. The maximum atomic E-state index is 5.58. The lowest BCUT2D eigenvalue weighted by molar-refractivity contribution is 0.113. The second kappa shape index (κ2) is 6.40. The van der Waals surface area contributed by atoms with Gasteiger partial charge >= 0.3 is 0 Å². The molecule has 1 aromatic heterocycles. The van der Waals surface area contributed by atoms with Crippen LogP contribution in [0.15, 0.2) is 4.47 Å². The van der Waals surface area contributed by atoms with Crippen molar-refractivity contribution < 1.29 is 4.74 Å². The van der Waals surface area contributed by atoms with Crippen molar-refractivity contribution in [2.24, 2.45) is 5.92 Å². The van der Waals surface area contributed by atoms with Gasteiger partial charge in [0, 0.05) is 12.3 Å². The average Bonchev–Trinajstić information content (AvgIpc) is 2.45. The van der Waals surface area contributed by atoms with Crippen LogP contribution in [-0.4, -0.2) is 23.0 Å². The molecule has 92 valence electrons. The molecule has 0 unspecified atom stereocenters. The van der Waals surface area contributed by atoms with Crippen LogP contribution in [-0.2, 0) is 11.3 Å². The van der Waals surface area contributed by atoms with Crippen LogP contribution in [0.5, 0.6) is 0 Å². The first-order valence-electron chi connectivity index (χ1n) is 5.79. The molecule has 0 amide bonds. The second-order valence-electron chi connectivity index (χ2n) is 4.50. The predicted molar refractivity (Wildman–Crippen MR) is 69.7 cm³/mol. The first-order valence-corrected chi connectivity index (χ1v) is 6.59. The zero-order valence-electron chi connectivity index (χ0n) is 10.6. The molecule has 0 aromatic carbocycles. The van der Waals surface area contributed by atoms with E-state index < -0.39 is 0 Å². The van der Waals surface area contributed by atoms with Gasteiger partial charge in [-0.15, -0.1) is 0 Å². The third-order valence-corrected chi connectivity index (χ3v) is 3.73. The molecule has 0 spiro atoms.